The third-order valence-electron chi connectivity index (χ3n) is 13.5. The number of hydrogen-bond acceptors (Lipinski definition) is 8. The number of carboxylic acid groups (broad SMARTS) is 1. The van der Waals surface area contributed by atoms with E-state index in [-0.39, 0.29) is 32.2 Å². The van der Waals surface area contributed by atoms with Crippen LogP contribution in [-0.4, -0.2) is 82.3 Å². The lowest BCUT2D eigenvalue weighted by Crippen LogP contribution is -2.44. The van der Waals surface area contributed by atoms with Gasteiger partial charge in [0.25, 0.3) is 0 Å². The zero-order valence-electron chi connectivity index (χ0n) is 46.9. The van der Waals surface area contributed by atoms with Gasteiger partial charge in [-0.2, -0.15) is 0 Å². The highest BCUT2D eigenvalue weighted by molar-refractivity contribution is 5.70. The molecule has 0 rings (SSSR count). The van der Waals surface area contributed by atoms with Crippen LogP contribution in [0, 0.1) is 0 Å². The number of quaternary nitrogens is 1. The van der Waals surface area contributed by atoms with E-state index in [9.17, 15) is 19.5 Å². The van der Waals surface area contributed by atoms with Crippen LogP contribution in [0.2, 0.25) is 0 Å². The van der Waals surface area contributed by atoms with Gasteiger partial charge in [-0.05, 0) is 44.9 Å². The molecule has 0 aliphatic heterocycles. The maximum atomic E-state index is 12.9. The van der Waals surface area contributed by atoms with Crippen LogP contribution in [0.15, 0.2) is 24.3 Å². The van der Waals surface area contributed by atoms with E-state index in [0.717, 1.165) is 38.5 Å². The molecule has 0 aromatic heterocycles. The molecule has 0 saturated carbocycles. The van der Waals surface area contributed by atoms with E-state index in [4.69, 9.17) is 18.9 Å². The predicted octanol–water partition coefficient (Wildman–Crippen LogP) is 16.2. The van der Waals surface area contributed by atoms with Crippen molar-refractivity contribution in [3.8, 4) is 0 Å². The summed E-state index contributed by atoms with van der Waals surface area (Å²) in [4.78, 5) is 37.3. The third kappa shape index (κ3) is 53.6. The number of nitrogens with zero attached hydrogens (tertiary/aromatic N) is 1. The Bertz CT molecular complexity index is 1200. The Morgan fingerprint density at radius 1 is 0.429 bits per heavy atom. The highest BCUT2D eigenvalue weighted by Crippen LogP contribution is 2.17. The average molecular weight is 991 g/mol. The molecule has 0 aromatic carbocycles. The number of esters is 2. The van der Waals surface area contributed by atoms with Gasteiger partial charge in [0.05, 0.1) is 40.3 Å². The highest BCUT2D eigenvalue weighted by Gasteiger charge is 2.22. The van der Waals surface area contributed by atoms with E-state index < -0.39 is 24.3 Å². The second-order valence-electron chi connectivity index (χ2n) is 21.6. The van der Waals surface area contributed by atoms with Crippen molar-refractivity contribution in [1.29, 1.82) is 0 Å². The number of ether oxygens (including phenoxy) is 4. The number of likely N-dealkylation sites (N-methyl/N-ethyl adjacent to an activating group) is 1. The van der Waals surface area contributed by atoms with Crippen molar-refractivity contribution in [2.24, 2.45) is 0 Å². The summed E-state index contributed by atoms with van der Waals surface area (Å²) in [5, 5.41) is 11.8. The Kier molecular flexibility index (Phi) is 51.4. The molecule has 0 heterocycles. The molecule has 2 atom stereocenters. The van der Waals surface area contributed by atoms with Crippen LogP contribution in [0.25, 0.3) is 0 Å². The number of allylic oxidation sites excluding steroid dienone is 4. The molecular weight excluding hydrogens is 875 g/mol. The second-order valence-corrected chi connectivity index (χ2v) is 21.6. The zero-order chi connectivity index (χ0) is 51.3. The Labute approximate surface area is 433 Å². The first-order valence-corrected chi connectivity index (χ1v) is 30.0. The maximum Gasteiger partial charge on any atom is 0.306 e. The second kappa shape index (κ2) is 53.1. The van der Waals surface area contributed by atoms with Gasteiger partial charge in [-0.15, -0.1) is 0 Å². The number of carbonyl (C=O) groups excluding carboxylic acids is 3. The fourth-order valence-electron chi connectivity index (χ4n) is 8.80. The van der Waals surface area contributed by atoms with Gasteiger partial charge >= 0.3 is 11.9 Å². The van der Waals surface area contributed by atoms with Crippen molar-refractivity contribution in [1.82, 2.24) is 0 Å². The molecule has 0 aliphatic carbocycles. The minimum absolute atomic E-state index is 0.150. The number of carboxylic acids is 1. The normalized spacial score (nSPS) is 12.9. The van der Waals surface area contributed by atoms with Crippen molar-refractivity contribution in [2.45, 2.75) is 302 Å². The summed E-state index contributed by atoms with van der Waals surface area (Å²) in [5.41, 5.74) is 0. The molecule has 9 nitrogen and oxygen atoms in total. The minimum atomic E-state index is -1.62. The fourth-order valence-corrected chi connectivity index (χ4v) is 8.80. The van der Waals surface area contributed by atoms with Crippen LogP contribution in [0.4, 0.5) is 0 Å². The SMILES string of the molecule is CCCCCCC/C=C\C/C=C\CCCCCCCCCCCCCCCC(=O)OC(COC(=O)CCCCCCCCCCCCCCCCCCCCCC)COC(OCC[N+](C)(C)C)C(=O)[O-]. The zero-order valence-corrected chi connectivity index (χ0v) is 46.9. The fraction of sp³-hybridized carbons (Fsp3) is 0.885. The standard InChI is InChI=1S/C61H115NO8/c1-6-8-10-12-14-16-18-20-22-24-26-28-29-30-31-32-34-36-38-40-42-44-46-48-50-52-59(64)70-57(56-69-61(60(65)66)67-54-53-62(3,4)5)55-68-58(63)51-49-47-45-43-41-39-37-35-33-27-25-23-21-19-17-15-13-11-9-7-2/h18,20,24,26,57,61H,6-17,19,21-23,25,27-56H2,1-5H3/b20-18-,26-24-. The van der Waals surface area contributed by atoms with Crippen LogP contribution in [0.5, 0.6) is 0 Å². The molecule has 0 aliphatic rings. The van der Waals surface area contributed by atoms with Crippen LogP contribution in [-0.2, 0) is 33.3 Å². The first-order valence-electron chi connectivity index (χ1n) is 30.0. The third-order valence-corrected chi connectivity index (χ3v) is 13.5. The number of carbonyl (C=O) groups is 3. The maximum absolute atomic E-state index is 12.9. The van der Waals surface area contributed by atoms with Gasteiger partial charge < -0.3 is 33.3 Å². The van der Waals surface area contributed by atoms with E-state index in [1.807, 2.05) is 21.1 Å². The first kappa shape index (κ1) is 67.8. The molecule has 0 aromatic rings. The first-order chi connectivity index (χ1) is 34.1. The molecule has 0 radical (unpaired) electrons. The summed E-state index contributed by atoms with van der Waals surface area (Å²) in [5.74, 6) is -2.26. The van der Waals surface area contributed by atoms with E-state index in [0.29, 0.717) is 23.9 Å². The smallest absolute Gasteiger partial charge is 0.306 e. The average Bonchev–Trinajstić information content (AvgIpc) is 3.33. The highest BCUT2D eigenvalue weighted by atomic mass is 16.7. The number of aliphatic carboxylic acids is 1. The van der Waals surface area contributed by atoms with Crippen molar-refractivity contribution >= 4 is 17.9 Å². The van der Waals surface area contributed by atoms with Gasteiger partial charge in [-0.25, -0.2) is 0 Å². The molecule has 0 fully saturated rings. The summed E-state index contributed by atoms with van der Waals surface area (Å²) < 4.78 is 22.7. The van der Waals surface area contributed by atoms with Crippen molar-refractivity contribution in [3.63, 3.8) is 0 Å². The molecule has 9 heteroatoms. The Morgan fingerprint density at radius 3 is 1.13 bits per heavy atom. The summed E-state index contributed by atoms with van der Waals surface area (Å²) in [6, 6.07) is 0. The molecular formula is C61H115NO8. The molecule has 0 N–H and O–H groups in total. The summed E-state index contributed by atoms with van der Waals surface area (Å²) >= 11 is 0. The van der Waals surface area contributed by atoms with Crippen LogP contribution < -0.4 is 5.11 Å². The molecule has 412 valence electrons. The molecule has 2 unspecified atom stereocenters. The van der Waals surface area contributed by atoms with Crippen molar-refractivity contribution in [2.75, 3.05) is 47.5 Å². The molecule has 0 saturated heterocycles. The molecule has 70 heavy (non-hydrogen) atoms. The van der Waals surface area contributed by atoms with Gasteiger partial charge in [0.15, 0.2) is 12.4 Å². The summed E-state index contributed by atoms with van der Waals surface area (Å²) in [6.45, 7) is 4.79. The lowest BCUT2D eigenvalue weighted by atomic mass is 10.0. The lowest BCUT2D eigenvalue weighted by molar-refractivity contribution is -0.870. The van der Waals surface area contributed by atoms with Crippen LogP contribution >= 0.6 is 0 Å². The number of hydrogen-bond donors (Lipinski definition) is 0. The van der Waals surface area contributed by atoms with Gasteiger partial charge in [0.1, 0.15) is 13.2 Å². The Hall–Kier alpha value is -2.23. The predicted molar refractivity (Wildman–Crippen MR) is 293 cm³/mol. The molecule has 0 bridgehead atoms. The molecule has 0 amide bonds. The van der Waals surface area contributed by atoms with Crippen molar-refractivity contribution in [3.05, 3.63) is 24.3 Å². The summed E-state index contributed by atoms with van der Waals surface area (Å²) in [7, 11) is 5.93. The largest absolute Gasteiger partial charge is 0.545 e. The number of unbranched alkanes of at least 4 members (excludes halogenated alkanes) is 37. The van der Waals surface area contributed by atoms with E-state index in [1.54, 1.807) is 0 Å². The van der Waals surface area contributed by atoms with Gasteiger partial charge in [0, 0.05) is 12.8 Å². The van der Waals surface area contributed by atoms with E-state index in [2.05, 4.69) is 38.2 Å². The van der Waals surface area contributed by atoms with Crippen molar-refractivity contribution < 1.29 is 42.9 Å². The van der Waals surface area contributed by atoms with Gasteiger partial charge in [0.2, 0.25) is 0 Å². The molecule has 0 spiro atoms. The monoisotopic (exact) mass is 990 g/mol. The topological polar surface area (TPSA) is 111 Å². The summed E-state index contributed by atoms with van der Waals surface area (Å²) in [6.07, 6.45) is 59.4. The van der Waals surface area contributed by atoms with Crippen LogP contribution in [0.3, 0.4) is 0 Å². The Morgan fingerprint density at radius 2 is 0.771 bits per heavy atom. The quantitative estimate of drug-likeness (QED) is 0.0195. The van der Waals surface area contributed by atoms with Crippen LogP contribution in [0.1, 0.15) is 290 Å². The van der Waals surface area contributed by atoms with Gasteiger partial charge in [-0.3, -0.25) is 9.59 Å². The van der Waals surface area contributed by atoms with E-state index in [1.165, 1.54) is 218 Å². The minimum Gasteiger partial charge on any atom is -0.545 e. The number of rotatable bonds is 56. The lowest BCUT2D eigenvalue weighted by Gasteiger charge is -2.26. The van der Waals surface area contributed by atoms with Gasteiger partial charge in [-0.1, -0.05) is 256 Å². The Balaban J connectivity index is 4.19. The van der Waals surface area contributed by atoms with E-state index >= 15 is 0 Å².